The fourth-order valence-corrected chi connectivity index (χ4v) is 2.12. The van der Waals surface area contributed by atoms with Gasteiger partial charge in [0.1, 0.15) is 4.88 Å². The SMILES string of the molecule is CCN(C(=O)c1cncs1)c1ccc(N)cc1. The summed E-state index contributed by atoms with van der Waals surface area (Å²) in [4.78, 5) is 18.4. The van der Waals surface area contributed by atoms with E-state index in [4.69, 9.17) is 5.73 Å². The zero-order chi connectivity index (χ0) is 12.3. The Kier molecular flexibility index (Phi) is 3.39. The lowest BCUT2D eigenvalue weighted by atomic mass is 10.2. The molecule has 0 saturated heterocycles. The van der Waals surface area contributed by atoms with Crippen molar-refractivity contribution in [1.29, 1.82) is 0 Å². The highest BCUT2D eigenvalue weighted by Crippen LogP contribution is 2.19. The molecule has 2 rings (SSSR count). The summed E-state index contributed by atoms with van der Waals surface area (Å²) in [6, 6.07) is 7.27. The van der Waals surface area contributed by atoms with Crippen molar-refractivity contribution in [3.05, 3.63) is 40.8 Å². The Bertz CT molecular complexity index is 493. The Labute approximate surface area is 104 Å². The zero-order valence-corrected chi connectivity index (χ0v) is 10.3. The van der Waals surface area contributed by atoms with E-state index >= 15 is 0 Å². The fraction of sp³-hybridized carbons (Fsp3) is 0.167. The van der Waals surface area contributed by atoms with Crippen molar-refractivity contribution in [2.75, 3.05) is 17.2 Å². The summed E-state index contributed by atoms with van der Waals surface area (Å²) in [7, 11) is 0. The molecule has 1 aromatic carbocycles. The lowest BCUT2D eigenvalue weighted by Gasteiger charge is -2.20. The van der Waals surface area contributed by atoms with Crippen LogP contribution in [0.5, 0.6) is 0 Å². The van der Waals surface area contributed by atoms with Crippen LogP contribution in [-0.4, -0.2) is 17.4 Å². The van der Waals surface area contributed by atoms with E-state index in [1.165, 1.54) is 11.3 Å². The zero-order valence-electron chi connectivity index (χ0n) is 9.46. The van der Waals surface area contributed by atoms with Crippen molar-refractivity contribution >= 4 is 28.6 Å². The number of hydrogen-bond donors (Lipinski definition) is 1. The number of nitrogens with zero attached hydrogens (tertiary/aromatic N) is 2. The molecule has 88 valence electrons. The van der Waals surface area contributed by atoms with Gasteiger partial charge >= 0.3 is 0 Å². The summed E-state index contributed by atoms with van der Waals surface area (Å²) >= 11 is 1.35. The van der Waals surface area contributed by atoms with E-state index in [-0.39, 0.29) is 5.91 Å². The van der Waals surface area contributed by atoms with Crippen LogP contribution in [-0.2, 0) is 0 Å². The number of thiazole rings is 1. The Balaban J connectivity index is 2.28. The van der Waals surface area contributed by atoms with E-state index in [0.29, 0.717) is 17.1 Å². The van der Waals surface area contributed by atoms with Crippen molar-refractivity contribution < 1.29 is 4.79 Å². The van der Waals surface area contributed by atoms with Crippen LogP contribution in [0.25, 0.3) is 0 Å². The van der Waals surface area contributed by atoms with Crippen LogP contribution in [0.4, 0.5) is 11.4 Å². The molecule has 1 heterocycles. The third-order valence-corrected chi connectivity index (χ3v) is 3.17. The Hall–Kier alpha value is -1.88. The molecular weight excluding hydrogens is 234 g/mol. The van der Waals surface area contributed by atoms with Gasteiger partial charge < -0.3 is 10.6 Å². The van der Waals surface area contributed by atoms with Gasteiger partial charge in [0, 0.05) is 17.9 Å². The number of anilines is 2. The third-order valence-electron chi connectivity index (χ3n) is 2.41. The number of benzene rings is 1. The third kappa shape index (κ3) is 2.45. The summed E-state index contributed by atoms with van der Waals surface area (Å²) in [5.74, 6) is -0.0280. The topological polar surface area (TPSA) is 59.2 Å². The summed E-state index contributed by atoms with van der Waals surface area (Å²) in [5, 5.41) is 0. The molecule has 0 aliphatic heterocycles. The minimum Gasteiger partial charge on any atom is -0.399 e. The molecule has 0 aliphatic carbocycles. The largest absolute Gasteiger partial charge is 0.399 e. The van der Waals surface area contributed by atoms with Gasteiger partial charge in [0.2, 0.25) is 0 Å². The van der Waals surface area contributed by atoms with Gasteiger partial charge in [0.25, 0.3) is 5.91 Å². The molecule has 1 aromatic heterocycles. The average molecular weight is 247 g/mol. The first kappa shape index (κ1) is 11.6. The number of nitrogen functional groups attached to an aromatic ring is 1. The Morgan fingerprint density at radius 1 is 1.41 bits per heavy atom. The highest BCUT2D eigenvalue weighted by molar-refractivity contribution is 7.11. The molecule has 0 unspecified atom stereocenters. The minimum absolute atomic E-state index is 0.0280. The van der Waals surface area contributed by atoms with Crippen LogP contribution in [0.15, 0.2) is 36.0 Å². The van der Waals surface area contributed by atoms with Crippen molar-refractivity contribution in [2.24, 2.45) is 0 Å². The molecule has 2 N–H and O–H groups in total. The van der Waals surface area contributed by atoms with Crippen molar-refractivity contribution in [1.82, 2.24) is 4.98 Å². The summed E-state index contributed by atoms with van der Waals surface area (Å²) in [6.07, 6.45) is 1.59. The molecule has 1 amide bonds. The second-order valence-electron chi connectivity index (χ2n) is 3.51. The minimum atomic E-state index is -0.0280. The van der Waals surface area contributed by atoms with Gasteiger partial charge in [-0.15, -0.1) is 11.3 Å². The molecule has 5 heteroatoms. The first-order valence-electron chi connectivity index (χ1n) is 5.28. The van der Waals surface area contributed by atoms with Gasteiger partial charge in [0.05, 0.1) is 11.7 Å². The molecule has 17 heavy (non-hydrogen) atoms. The van der Waals surface area contributed by atoms with Gasteiger partial charge in [-0.3, -0.25) is 9.78 Å². The smallest absolute Gasteiger partial charge is 0.269 e. The lowest BCUT2D eigenvalue weighted by Crippen LogP contribution is -2.29. The highest BCUT2D eigenvalue weighted by atomic mass is 32.1. The quantitative estimate of drug-likeness (QED) is 0.847. The molecule has 4 nitrogen and oxygen atoms in total. The molecule has 0 aliphatic rings. The van der Waals surface area contributed by atoms with Gasteiger partial charge in [-0.05, 0) is 31.2 Å². The number of aromatic nitrogens is 1. The summed E-state index contributed by atoms with van der Waals surface area (Å²) < 4.78 is 0. The number of amides is 1. The van der Waals surface area contributed by atoms with Crippen molar-refractivity contribution in [3.63, 3.8) is 0 Å². The number of rotatable bonds is 3. The van der Waals surface area contributed by atoms with Gasteiger partial charge in [-0.25, -0.2) is 0 Å². The first-order valence-corrected chi connectivity index (χ1v) is 6.16. The average Bonchev–Trinajstić information content (AvgIpc) is 2.86. The molecule has 2 aromatic rings. The summed E-state index contributed by atoms with van der Waals surface area (Å²) in [6.45, 7) is 2.55. The van der Waals surface area contributed by atoms with Crippen molar-refractivity contribution in [2.45, 2.75) is 6.92 Å². The Morgan fingerprint density at radius 3 is 2.65 bits per heavy atom. The fourth-order valence-electron chi connectivity index (χ4n) is 1.55. The molecule has 0 atom stereocenters. The maximum Gasteiger partial charge on any atom is 0.269 e. The second kappa shape index (κ2) is 4.97. The normalized spacial score (nSPS) is 10.2. The Morgan fingerprint density at radius 2 is 2.12 bits per heavy atom. The van der Waals surface area contributed by atoms with Gasteiger partial charge in [-0.1, -0.05) is 0 Å². The standard InChI is InChI=1S/C12H13N3OS/c1-2-15(10-5-3-9(13)4-6-10)12(16)11-7-14-8-17-11/h3-8H,2,13H2,1H3. The molecule has 0 saturated carbocycles. The number of hydrogen-bond acceptors (Lipinski definition) is 4. The first-order chi connectivity index (χ1) is 8.22. The molecule has 0 radical (unpaired) electrons. The van der Waals surface area contributed by atoms with E-state index in [0.717, 1.165) is 5.69 Å². The monoisotopic (exact) mass is 247 g/mol. The van der Waals surface area contributed by atoms with Crippen LogP contribution >= 0.6 is 11.3 Å². The van der Waals surface area contributed by atoms with Crippen LogP contribution in [0, 0.1) is 0 Å². The van der Waals surface area contributed by atoms with Crippen LogP contribution in [0.2, 0.25) is 0 Å². The second-order valence-corrected chi connectivity index (χ2v) is 4.39. The molecular formula is C12H13N3OS. The van der Waals surface area contributed by atoms with E-state index in [1.54, 1.807) is 28.7 Å². The van der Waals surface area contributed by atoms with Crippen LogP contribution in [0.1, 0.15) is 16.6 Å². The van der Waals surface area contributed by atoms with Gasteiger partial charge in [0.15, 0.2) is 0 Å². The molecule has 0 bridgehead atoms. The van der Waals surface area contributed by atoms with Crippen LogP contribution in [0.3, 0.4) is 0 Å². The van der Waals surface area contributed by atoms with E-state index in [2.05, 4.69) is 4.98 Å². The molecule has 0 fully saturated rings. The van der Waals surface area contributed by atoms with Crippen LogP contribution < -0.4 is 10.6 Å². The van der Waals surface area contributed by atoms with E-state index in [1.807, 2.05) is 19.1 Å². The predicted octanol–water partition coefficient (Wildman–Crippen LogP) is 2.39. The summed E-state index contributed by atoms with van der Waals surface area (Å²) in [5.41, 5.74) is 8.82. The number of nitrogens with two attached hydrogens (primary N) is 1. The van der Waals surface area contributed by atoms with E-state index in [9.17, 15) is 4.79 Å². The van der Waals surface area contributed by atoms with Crippen molar-refractivity contribution in [3.8, 4) is 0 Å². The van der Waals surface area contributed by atoms with Gasteiger partial charge in [-0.2, -0.15) is 0 Å². The lowest BCUT2D eigenvalue weighted by molar-refractivity contribution is 0.0992. The highest BCUT2D eigenvalue weighted by Gasteiger charge is 2.16. The number of carbonyl (C=O) groups is 1. The predicted molar refractivity (Wildman–Crippen MR) is 70.3 cm³/mol. The molecule has 0 spiro atoms. The maximum absolute atomic E-state index is 12.2. The maximum atomic E-state index is 12.2. The van der Waals surface area contributed by atoms with E-state index < -0.39 is 0 Å². The number of carbonyl (C=O) groups excluding carboxylic acids is 1.